The summed E-state index contributed by atoms with van der Waals surface area (Å²) in [6, 6.07) is 14.4. The van der Waals surface area contributed by atoms with Gasteiger partial charge in [-0.15, -0.1) is 10.2 Å². The van der Waals surface area contributed by atoms with Crippen LogP contribution in [-0.2, 0) is 24.2 Å². The lowest BCUT2D eigenvalue weighted by atomic mass is 10.1. The number of aromatic nitrogens is 3. The Morgan fingerprint density at radius 2 is 1.96 bits per heavy atom. The molecule has 1 aliphatic rings. The van der Waals surface area contributed by atoms with E-state index in [1.54, 1.807) is 0 Å². The van der Waals surface area contributed by atoms with Gasteiger partial charge in [-0.25, -0.2) is 0 Å². The number of benzene rings is 2. The van der Waals surface area contributed by atoms with Crippen LogP contribution in [0.3, 0.4) is 0 Å². The molecule has 0 fully saturated rings. The van der Waals surface area contributed by atoms with Crippen molar-refractivity contribution >= 4 is 23.4 Å². The number of aryl methyl sites for hydroxylation is 3. The topological polar surface area (TPSA) is 59.8 Å². The Morgan fingerprint density at radius 3 is 2.79 bits per heavy atom. The van der Waals surface area contributed by atoms with Crippen LogP contribution in [0.4, 0.5) is 5.69 Å². The van der Waals surface area contributed by atoms with Crippen LogP contribution in [0.25, 0.3) is 11.4 Å². The predicted octanol–water partition coefficient (Wildman–Crippen LogP) is 4.49. The summed E-state index contributed by atoms with van der Waals surface area (Å²) in [5.74, 6) is 1.14. The van der Waals surface area contributed by atoms with Gasteiger partial charge < -0.3 is 9.88 Å². The molecular formula is C22H24N4OS. The molecule has 0 aliphatic heterocycles. The number of carbonyl (C=O) groups is 1. The largest absolute Gasteiger partial charge is 0.325 e. The summed E-state index contributed by atoms with van der Waals surface area (Å²) < 4.78 is 2.07. The van der Waals surface area contributed by atoms with Crippen molar-refractivity contribution in [2.45, 2.75) is 44.8 Å². The summed E-state index contributed by atoms with van der Waals surface area (Å²) in [6.07, 6.45) is 3.46. The van der Waals surface area contributed by atoms with Gasteiger partial charge in [0, 0.05) is 17.8 Å². The monoisotopic (exact) mass is 392 g/mol. The average molecular weight is 393 g/mol. The van der Waals surface area contributed by atoms with E-state index in [9.17, 15) is 4.79 Å². The number of amides is 1. The summed E-state index contributed by atoms with van der Waals surface area (Å²) in [7, 11) is 0. The van der Waals surface area contributed by atoms with E-state index in [1.165, 1.54) is 29.3 Å². The average Bonchev–Trinajstić information content (AvgIpc) is 3.32. The molecule has 3 aromatic rings. The number of thioether (sulfide) groups is 1. The third-order valence-electron chi connectivity index (χ3n) is 5.13. The molecule has 144 valence electrons. The number of nitrogens with zero attached hydrogens (tertiary/aromatic N) is 3. The van der Waals surface area contributed by atoms with Crippen LogP contribution >= 0.6 is 11.8 Å². The van der Waals surface area contributed by atoms with E-state index < -0.39 is 0 Å². The van der Waals surface area contributed by atoms with Gasteiger partial charge in [-0.2, -0.15) is 0 Å². The third kappa shape index (κ3) is 3.83. The fraction of sp³-hybridized carbons (Fsp3) is 0.318. The third-order valence-corrected chi connectivity index (χ3v) is 6.10. The van der Waals surface area contributed by atoms with Crippen LogP contribution in [0.2, 0.25) is 0 Å². The molecule has 6 heteroatoms. The fourth-order valence-corrected chi connectivity index (χ4v) is 4.48. The lowest BCUT2D eigenvalue weighted by Crippen LogP contribution is -2.15. The molecule has 1 N–H and O–H groups in total. The number of fused-ring (bicyclic) bond motifs is 1. The standard InChI is InChI=1S/C22H24N4OS/c1-3-26-21(19-10-5-4-7-15(19)2)24-25-22(26)28-14-20(27)23-18-12-11-16-8-6-9-17(16)13-18/h4-5,7,10-13H,3,6,8-9,14H2,1-2H3,(H,23,27). The number of rotatable bonds is 6. The van der Waals surface area contributed by atoms with Crippen molar-refractivity contribution in [3.05, 3.63) is 59.2 Å². The Labute approximate surface area is 169 Å². The molecule has 1 aliphatic carbocycles. The highest BCUT2D eigenvalue weighted by atomic mass is 32.2. The minimum absolute atomic E-state index is 0.0222. The minimum atomic E-state index is -0.0222. The van der Waals surface area contributed by atoms with Gasteiger partial charge in [0.25, 0.3) is 0 Å². The van der Waals surface area contributed by atoms with Crippen molar-refractivity contribution < 1.29 is 4.79 Å². The van der Waals surface area contributed by atoms with Crippen molar-refractivity contribution in [1.29, 1.82) is 0 Å². The molecule has 4 rings (SSSR count). The Morgan fingerprint density at radius 1 is 1.14 bits per heavy atom. The Bertz CT molecular complexity index is 1010. The van der Waals surface area contributed by atoms with E-state index in [1.807, 2.05) is 18.2 Å². The smallest absolute Gasteiger partial charge is 0.234 e. The van der Waals surface area contributed by atoms with Gasteiger partial charge in [0.1, 0.15) is 0 Å². The molecule has 0 bridgehead atoms. The Kier molecular flexibility index (Phi) is 5.48. The molecule has 1 heterocycles. The molecule has 2 aromatic carbocycles. The van der Waals surface area contributed by atoms with Crippen LogP contribution in [0.15, 0.2) is 47.6 Å². The van der Waals surface area contributed by atoms with E-state index >= 15 is 0 Å². The van der Waals surface area contributed by atoms with Crippen molar-refractivity contribution in [3.63, 3.8) is 0 Å². The zero-order valence-electron chi connectivity index (χ0n) is 16.2. The molecule has 1 amide bonds. The molecular weight excluding hydrogens is 368 g/mol. The van der Waals surface area contributed by atoms with Gasteiger partial charge >= 0.3 is 0 Å². The van der Waals surface area contributed by atoms with E-state index in [0.717, 1.165) is 47.2 Å². The van der Waals surface area contributed by atoms with E-state index in [0.29, 0.717) is 5.75 Å². The predicted molar refractivity (Wildman–Crippen MR) is 114 cm³/mol. The van der Waals surface area contributed by atoms with E-state index in [2.05, 4.69) is 58.2 Å². The number of hydrogen-bond acceptors (Lipinski definition) is 4. The zero-order valence-corrected chi connectivity index (χ0v) is 17.1. The SMILES string of the molecule is CCn1c(SCC(=O)Nc2ccc3c(c2)CCC3)nnc1-c1ccccc1C. The van der Waals surface area contributed by atoms with Gasteiger partial charge in [0.05, 0.1) is 5.75 Å². The maximum atomic E-state index is 12.4. The van der Waals surface area contributed by atoms with Crippen molar-refractivity contribution in [2.24, 2.45) is 0 Å². The molecule has 5 nitrogen and oxygen atoms in total. The van der Waals surface area contributed by atoms with Crippen LogP contribution in [0.5, 0.6) is 0 Å². The van der Waals surface area contributed by atoms with Crippen LogP contribution < -0.4 is 5.32 Å². The summed E-state index contributed by atoms with van der Waals surface area (Å²) in [5.41, 5.74) is 5.89. The van der Waals surface area contributed by atoms with Gasteiger partial charge in [-0.05, 0) is 61.9 Å². The summed E-state index contributed by atoms with van der Waals surface area (Å²) >= 11 is 1.42. The van der Waals surface area contributed by atoms with Crippen LogP contribution in [-0.4, -0.2) is 26.4 Å². The molecule has 0 saturated carbocycles. The molecule has 1 aromatic heterocycles. The van der Waals surface area contributed by atoms with E-state index in [-0.39, 0.29) is 5.91 Å². The first-order valence-corrected chi connectivity index (χ1v) is 10.7. The highest BCUT2D eigenvalue weighted by Gasteiger charge is 2.16. The Hall–Kier alpha value is -2.60. The highest BCUT2D eigenvalue weighted by Crippen LogP contribution is 2.27. The van der Waals surface area contributed by atoms with Gasteiger partial charge in [0.15, 0.2) is 11.0 Å². The van der Waals surface area contributed by atoms with Gasteiger partial charge in [-0.1, -0.05) is 42.1 Å². The summed E-state index contributed by atoms with van der Waals surface area (Å²) in [4.78, 5) is 12.4. The first-order valence-electron chi connectivity index (χ1n) is 9.69. The summed E-state index contributed by atoms with van der Waals surface area (Å²) in [5, 5.41) is 12.5. The lowest BCUT2D eigenvalue weighted by Gasteiger charge is -2.10. The quantitative estimate of drug-likeness (QED) is 0.628. The molecule has 0 saturated heterocycles. The normalized spacial score (nSPS) is 12.8. The maximum absolute atomic E-state index is 12.4. The second-order valence-electron chi connectivity index (χ2n) is 7.04. The molecule has 28 heavy (non-hydrogen) atoms. The Balaban J connectivity index is 1.43. The zero-order chi connectivity index (χ0) is 19.5. The number of nitrogens with one attached hydrogen (secondary N) is 1. The second kappa shape index (κ2) is 8.19. The minimum Gasteiger partial charge on any atom is -0.325 e. The van der Waals surface area contributed by atoms with Crippen molar-refractivity contribution in [3.8, 4) is 11.4 Å². The van der Waals surface area contributed by atoms with E-state index in [4.69, 9.17) is 0 Å². The first kappa shape index (κ1) is 18.7. The molecule has 0 unspecified atom stereocenters. The summed E-state index contributed by atoms with van der Waals surface area (Å²) in [6.45, 7) is 4.89. The molecule has 0 radical (unpaired) electrons. The fourth-order valence-electron chi connectivity index (χ4n) is 3.68. The van der Waals surface area contributed by atoms with Crippen LogP contribution in [0, 0.1) is 6.92 Å². The molecule has 0 atom stereocenters. The number of hydrogen-bond donors (Lipinski definition) is 1. The maximum Gasteiger partial charge on any atom is 0.234 e. The number of anilines is 1. The van der Waals surface area contributed by atoms with Gasteiger partial charge in [-0.3, -0.25) is 4.79 Å². The molecule has 0 spiro atoms. The van der Waals surface area contributed by atoms with Crippen molar-refractivity contribution in [2.75, 3.05) is 11.1 Å². The highest BCUT2D eigenvalue weighted by molar-refractivity contribution is 7.99. The van der Waals surface area contributed by atoms with Crippen molar-refractivity contribution in [1.82, 2.24) is 14.8 Å². The number of carbonyl (C=O) groups excluding carboxylic acids is 1. The lowest BCUT2D eigenvalue weighted by molar-refractivity contribution is -0.113. The second-order valence-corrected chi connectivity index (χ2v) is 7.98. The van der Waals surface area contributed by atoms with Gasteiger partial charge in [0.2, 0.25) is 5.91 Å². The first-order chi connectivity index (χ1) is 13.7. The van der Waals surface area contributed by atoms with Crippen LogP contribution in [0.1, 0.15) is 30.0 Å².